The molecule has 0 saturated carbocycles. The third-order valence-electron chi connectivity index (χ3n) is 4.44. The molecular weight excluding hydrogens is 336 g/mol. The van der Waals surface area contributed by atoms with Crippen LogP contribution in [-0.2, 0) is 13.1 Å². The fourth-order valence-electron chi connectivity index (χ4n) is 3.27. The number of nitrogens with zero attached hydrogens (tertiary/aromatic N) is 6. The molecule has 25 heavy (non-hydrogen) atoms. The van der Waals surface area contributed by atoms with Gasteiger partial charge in [-0.2, -0.15) is 5.10 Å². The Bertz CT molecular complexity index is 873. The molecule has 0 aromatic carbocycles. The summed E-state index contributed by atoms with van der Waals surface area (Å²) >= 11 is 1.68. The molecular formula is C17H22N6OS. The lowest BCUT2D eigenvalue weighted by Crippen LogP contribution is -2.23. The zero-order chi connectivity index (χ0) is 17.4. The molecule has 3 aromatic heterocycles. The molecule has 132 valence electrons. The Balaban J connectivity index is 1.63. The Morgan fingerprint density at radius 1 is 1.32 bits per heavy atom. The van der Waals surface area contributed by atoms with Crippen molar-refractivity contribution in [1.29, 1.82) is 0 Å². The van der Waals surface area contributed by atoms with E-state index in [1.54, 1.807) is 17.7 Å². The predicted molar refractivity (Wildman–Crippen MR) is 98.8 cm³/mol. The van der Waals surface area contributed by atoms with E-state index in [2.05, 4.69) is 25.3 Å². The highest BCUT2D eigenvalue weighted by molar-refractivity contribution is 7.17. The van der Waals surface area contributed by atoms with Gasteiger partial charge >= 0.3 is 0 Å². The summed E-state index contributed by atoms with van der Waals surface area (Å²) in [5, 5.41) is 17.0. The average molecular weight is 358 g/mol. The van der Waals surface area contributed by atoms with E-state index >= 15 is 0 Å². The number of hydrogen-bond acceptors (Lipinski definition) is 7. The second kappa shape index (κ2) is 6.70. The molecule has 0 saturated heterocycles. The van der Waals surface area contributed by atoms with Gasteiger partial charge in [-0.1, -0.05) is 0 Å². The molecule has 0 spiro atoms. The SMILES string of the molecule is CN(C)C[C@H](O)c1cc2n(n1)CCCN(c1ncnc3ccsc13)C2. The highest BCUT2D eigenvalue weighted by atomic mass is 32.1. The first kappa shape index (κ1) is 16.4. The van der Waals surface area contributed by atoms with Gasteiger partial charge in [0.15, 0.2) is 0 Å². The molecule has 4 rings (SSSR count). The summed E-state index contributed by atoms with van der Waals surface area (Å²) in [7, 11) is 3.90. The standard InChI is InChI=1S/C17H22N6OS/c1-21(2)10-15(24)14-8-12-9-22(5-3-6-23(12)20-14)17-16-13(4-7-25-16)18-11-19-17/h4,7-8,11,15,24H,3,5-6,9-10H2,1-2H3/t15-/m0/s1. The lowest BCUT2D eigenvalue weighted by atomic mass is 10.2. The fourth-order valence-corrected chi connectivity index (χ4v) is 4.13. The summed E-state index contributed by atoms with van der Waals surface area (Å²) in [4.78, 5) is 13.1. The van der Waals surface area contributed by atoms with Crippen LogP contribution in [0.2, 0.25) is 0 Å². The van der Waals surface area contributed by atoms with Crippen LogP contribution in [0, 0.1) is 0 Å². The van der Waals surface area contributed by atoms with Crippen molar-refractivity contribution in [3.05, 3.63) is 35.2 Å². The van der Waals surface area contributed by atoms with Crippen molar-refractivity contribution in [3.8, 4) is 0 Å². The van der Waals surface area contributed by atoms with E-state index in [1.165, 1.54) is 0 Å². The van der Waals surface area contributed by atoms with Gasteiger partial charge in [-0.3, -0.25) is 4.68 Å². The van der Waals surface area contributed by atoms with Crippen molar-refractivity contribution in [2.75, 3.05) is 32.1 Å². The van der Waals surface area contributed by atoms with Gasteiger partial charge in [0.1, 0.15) is 18.2 Å². The van der Waals surface area contributed by atoms with Crippen molar-refractivity contribution < 1.29 is 5.11 Å². The number of hydrogen-bond donors (Lipinski definition) is 1. The summed E-state index contributed by atoms with van der Waals surface area (Å²) in [6.07, 6.45) is 2.07. The van der Waals surface area contributed by atoms with Crippen molar-refractivity contribution in [2.24, 2.45) is 0 Å². The summed E-state index contributed by atoms with van der Waals surface area (Å²) < 4.78 is 3.16. The molecule has 8 heteroatoms. The van der Waals surface area contributed by atoms with E-state index < -0.39 is 6.10 Å². The van der Waals surface area contributed by atoms with Gasteiger partial charge in [0.25, 0.3) is 0 Å². The quantitative estimate of drug-likeness (QED) is 0.768. The van der Waals surface area contributed by atoms with Crippen LogP contribution in [0.25, 0.3) is 10.2 Å². The molecule has 0 unspecified atom stereocenters. The number of anilines is 1. The Morgan fingerprint density at radius 3 is 3.04 bits per heavy atom. The highest BCUT2D eigenvalue weighted by Gasteiger charge is 2.22. The summed E-state index contributed by atoms with van der Waals surface area (Å²) in [6.45, 7) is 3.11. The zero-order valence-corrected chi connectivity index (χ0v) is 15.3. The van der Waals surface area contributed by atoms with Crippen LogP contribution in [0.5, 0.6) is 0 Å². The first-order valence-electron chi connectivity index (χ1n) is 8.44. The van der Waals surface area contributed by atoms with Gasteiger partial charge in [-0.25, -0.2) is 9.97 Å². The van der Waals surface area contributed by atoms with Crippen LogP contribution in [0.4, 0.5) is 5.82 Å². The van der Waals surface area contributed by atoms with Crippen molar-refractivity contribution in [1.82, 2.24) is 24.6 Å². The third-order valence-corrected chi connectivity index (χ3v) is 5.34. The number of fused-ring (bicyclic) bond motifs is 2. The lowest BCUT2D eigenvalue weighted by Gasteiger charge is -2.21. The molecule has 1 aliphatic rings. The number of aryl methyl sites for hydroxylation is 1. The summed E-state index contributed by atoms with van der Waals surface area (Å²) in [5.41, 5.74) is 2.86. The molecule has 0 aliphatic carbocycles. The van der Waals surface area contributed by atoms with Crippen molar-refractivity contribution >= 4 is 27.4 Å². The molecule has 0 bridgehead atoms. The highest BCUT2D eigenvalue weighted by Crippen LogP contribution is 2.30. The molecule has 7 nitrogen and oxygen atoms in total. The Labute approximate surface area is 150 Å². The number of aliphatic hydroxyl groups excluding tert-OH is 1. The maximum Gasteiger partial charge on any atom is 0.150 e. The normalized spacial score (nSPS) is 16.2. The lowest BCUT2D eigenvalue weighted by molar-refractivity contribution is 0.133. The van der Waals surface area contributed by atoms with E-state index in [9.17, 15) is 5.11 Å². The Morgan fingerprint density at radius 2 is 2.20 bits per heavy atom. The largest absolute Gasteiger partial charge is 0.385 e. The van der Waals surface area contributed by atoms with Crippen LogP contribution >= 0.6 is 11.3 Å². The van der Waals surface area contributed by atoms with Crippen LogP contribution in [-0.4, -0.2) is 56.9 Å². The maximum absolute atomic E-state index is 10.4. The molecule has 3 aromatic rings. The number of thiophene rings is 1. The minimum absolute atomic E-state index is 0.564. The van der Waals surface area contributed by atoms with E-state index in [0.717, 1.165) is 53.5 Å². The smallest absolute Gasteiger partial charge is 0.150 e. The zero-order valence-electron chi connectivity index (χ0n) is 14.5. The molecule has 1 aliphatic heterocycles. The minimum atomic E-state index is -0.564. The van der Waals surface area contributed by atoms with E-state index in [0.29, 0.717) is 6.54 Å². The van der Waals surface area contributed by atoms with Crippen LogP contribution in [0.3, 0.4) is 0 Å². The average Bonchev–Trinajstić information content (AvgIpc) is 3.16. The molecule has 0 fully saturated rings. The van der Waals surface area contributed by atoms with Crippen LogP contribution in [0.1, 0.15) is 23.9 Å². The van der Waals surface area contributed by atoms with Gasteiger partial charge in [-0.15, -0.1) is 11.3 Å². The number of aromatic nitrogens is 4. The molecule has 1 N–H and O–H groups in total. The van der Waals surface area contributed by atoms with Gasteiger partial charge in [0.2, 0.25) is 0 Å². The predicted octanol–water partition coefficient (Wildman–Crippen LogP) is 1.89. The number of rotatable bonds is 4. The van der Waals surface area contributed by atoms with Crippen LogP contribution in [0.15, 0.2) is 23.8 Å². The van der Waals surface area contributed by atoms with Gasteiger partial charge < -0.3 is 14.9 Å². The van der Waals surface area contributed by atoms with Crippen molar-refractivity contribution in [2.45, 2.75) is 25.6 Å². The van der Waals surface area contributed by atoms with Crippen molar-refractivity contribution in [3.63, 3.8) is 0 Å². The summed E-state index contributed by atoms with van der Waals surface area (Å²) in [5.74, 6) is 0.991. The van der Waals surface area contributed by atoms with Gasteiger partial charge in [0.05, 0.1) is 28.1 Å². The first-order chi connectivity index (χ1) is 12.1. The Hall–Kier alpha value is -2.03. The topological polar surface area (TPSA) is 70.3 Å². The molecule has 1 atom stereocenters. The molecule has 0 radical (unpaired) electrons. The second-order valence-electron chi connectivity index (χ2n) is 6.67. The van der Waals surface area contributed by atoms with Gasteiger partial charge in [-0.05, 0) is 38.0 Å². The minimum Gasteiger partial charge on any atom is -0.385 e. The first-order valence-corrected chi connectivity index (χ1v) is 9.32. The van der Waals surface area contributed by atoms with Crippen LogP contribution < -0.4 is 4.90 Å². The third kappa shape index (κ3) is 3.24. The molecule has 4 heterocycles. The van der Waals surface area contributed by atoms with E-state index in [4.69, 9.17) is 0 Å². The van der Waals surface area contributed by atoms with Gasteiger partial charge in [0, 0.05) is 19.6 Å². The van der Waals surface area contributed by atoms with E-state index in [1.807, 2.05) is 35.8 Å². The molecule has 0 amide bonds. The number of likely N-dealkylation sites (N-methyl/N-ethyl adjacent to an activating group) is 1. The Kier molecular flexibility index (Phi) is 4.41. The fraction of sp³-hybridized carbons (Fsp3) is 0.471. The summed E-state index contributed by atoms with van der Waals surface area (Å²) in [6, 6.07) is 4.06. The maximum atomic E-state index is 10.4. The van der Waals surface area contributed by atoms with E-state index in [-0.39, 0.29) is 0 Å². The number of aliphatic hydroxyl groups is 1. The second-order valence-corrected chi connectivity index (χ2v) is 7.59. The monoisotopic (exact) mass is 358 g/mol.